The molecular weight excluding hydrogens is 227 g/mol. The van der Waals surface area contributed by atoms with Gasteiger partial charge in [0.2, 0.25) is 0 Å². The van der Waals surface area contributed by atoms with Crippen LogP contribution in [0, 0.1) is 0 Å². The van der Waals surface area contributed by atoms with E-state index in [4.69, 9.17) is 4.74 Å². The van der Waals surface area contributed by atoms with Crippen LogP contribution in [0.2, 0.25) is 0 Å². The van der Waals surface area contributed by atoms with Crippen molar-refractivity contribution in [3.05, 3.63) is 48.0 Å². The molecule has 18 heavy (non-hydrogen) atoms. The quantitative estimate of drug-likeness (QED) is 0.730. The Labute approximate surface area is 106 Å². The van der Waals surface area contributed by atoms with Crippen LogP contribution < -0.4 is 10.2 Å². The van der Waals surface area contributed by atoms with Crippen LogP contribution in [0.5, 0.6) is 5.75 Å². The molecule has 0 spiro atoms. The molecule has 2 aromatic rings. The molecule has 3 rings (SSSR count). The average Bonchev–Trinajstić information content (AvgIpc) is 2.57. The molecule has 0 fully saturated rings. The van der Waals surface area contributed by atoms with Crippen LogP contribution in [0.1, 0.15) is 5.56 Å². The zero-order valence-electron chi connectivity index (χ0n) is 9.84. The van der Waals surface area contributed by atoms with E-state index in [1.54, 1.807) is 6.07 Å². The number of rotatable bonds is 1. The number of benzene rings is 2. The Bertz CT molecular complexity index is 581. The fourth-order valence-corrected chi connectivity index (χ4v) is 2.40. The van der Waals surface area contributed by atoms with E-state index in [9.17, 15) is 10.0 Å². The molecule has 3 nitrogen and oxygen atoms in total. The van der Waals surface area contributed by atoms with Gasteiger partial charge in [-0.3, -0.25) is 0 Å². The first-order valence-corrected chi connectivity index (χ1v) is 5.97. The smallest absolute Gasteiger partial charge is 0.492 e. The molecule has 4 heteroatoms. The van der Waals surface area contributed by atoms with Crippen LogP contribution in [0.15, 0.2) is 42.5 Å². The van der Waals surface area contributed by atoms with Gasteiger partial charge in [-0.05, 0) is 11.1 Å². The van der Waals surface area contributed by atoms with Crippen molar-refractivity contribution in [2.24, 2.45) is 0 Å². The molecule has 0 aromatic heterocycles. The lowest BCUT2D eigenvalue weighted by Gasteiger charge is -2.13. The first kappa shape index (κ1) is 11.3. The Kier molecular flexibility index (Phi) is 2.82. The number of hydrogen-bond acceptors (Lipinski definition) is 3. The van der Waals surface area contributed by atoms with Gasteiger partial charge < -0.3 is 14.8 Å². The highest BCUT2D eigenvalue weighted by Crippen LogP contribution is 2.33. The van der Waals surface area contributed by atoms with E-state index < -0.39 is 7.12 Å². The summed E-state index contributed by atoms with van der Waals surface area (Å²) in [5.74, 6) is 0.581. The van der Waals surface area contributed by atoms with Crippen LogP contribution in [-0.2, 0) is 6.42 Å². The summed E-state index contributed by atoms with van der Waals surface area (Å²) in [6.07, 6.45) is 0.825. The van der Waals surface area contributed by atoms with Crippen LogP contribution in [0.4, 0.5) is 0 Å². The average molecular weight is 240 g/mol. The summed E-state index contributed by atoms with van der Waals surface area (Å²) in [4.78, 5) is 0. The molecule has 0 saturated heterocycles. The van der Waals surface area contributed by atoms with E-state index in [0.717, 1.165) is 17.5 Å². The summed E-state index contributed by atoms with van der Waals surface area (Å²) in [7, 11) is -1.51. The molecule has 0 bridgehead atoms. The molecule has 0 aliphatic carbocycles. The highest BCUT2D eigenvalue weighted by molar-refractivity contribution is 6.60. The van der Waals surface area contributed by atoms with Gasteiger partial charge in [-0.2, -0.15) is 0 Å². The second kappa shape index (κ2) is 4.48. The molecule has 1 heterocycles. The minimum atomic E-state index is -1.51. The van der Waals surface area contributed by atoms with Crippen LogP contribution >= 0.6 is 0 Å². The predicted octanol–water partition coefficient (Wildman–Crippen LogP) is 0.968. The highest BCUT2D eigenvalue weighted by Gasteiger charge is 2.23. The van der Waals surface area contributed by atoms with E-state index >= 15 is 0 Å². The van der Waals surface area contributed by atoms with Gasteiger partial charge in [-0.25, -0.2) is 0 Å². The van der Waals surface area contributed by atoms with Gasteiger partial charge in [0, 0.05) is 17.4 Å². The van der Waals surface area contributed by atoms with Crippen LogP contribution in [-0.4, -0.2) is 23.8 Å². The van der Waals surface area contributed by atoms with Crippen molar-refractivity contribution in [2.45, 2.75) is 6.42 Å². The second-order valence-corrected chi connectivity index (χ2v) is 4.35. The van der Waals surface area contributed by atoms with Gasteiger partial charge in [0.25, 0.3) is 0 Å². The fraction of sp³-hybridized carbons (Fsp3) is 0.143. The van der Waals surface area contributed by atoms with E-state index in [1.807, 2.05) is 30.3 Å². The van der Waals surface area contributed by atoms with E-state index in [1.165, 1.54) is 5.56 Å². The third-order valence-electron chi connectivity index (χ3n) is 3.25. The lowest BCUT2D eigenvalue weighted by atomic mass is 9.78. The Morgan fingerprint density at radius 3 is 2.56 bits per heavy atom. The Morgan fingerprint density at radius 2 is 1.72 bits per heavy atom. The SMILES string of the molecule is OB(O)c1cccc2c1OCCc1ccccc1-2. The predicted molar refractivity (Wildman–Crippen MR) is 70.9 cm³/mol. The lowest BCUT2D eigenvalue weighted by Crippen LogP contribution is -2.31. The van der Waals surface area contributed by atoms with Crippen molar-refractivity contribution in [1.82, 2.24) is 0 Å². The molecule has 0 saturated carbocycles. The molecule has 1 aliphatic rings. The Balaban J connectivity index is 2.25. The molecular formula is C14H13BO3. The summed E-state index contributed by atoms with van der Waals surface area (Å²) in [5.41, 5.74) is 3.67. The van der Waals surface area contributed by atoms with Gasteiger partial charge in [0.15, 0.2) is 0 Å². The molecule has 0 amide bonds. The maximum atomic E-state index is 9.40. The third-order valence-corrected chi connectivity index (χ3v) is 3.25. The van der Waals surface area contributed by atoms with E-state index in [2.05, 4.69) is 6.07 Å². The summed E-state index contributed by atoms with van der Waals surface area (Å²) in [6.45, 7) is 0.549. The van der Waals surface area contributed by atoms with Crippen molar-refractivity contribution in [2.75, 3.05) is 6.61 Å². The topological polar surface area (TPSA) is 49.7 Å². The number of fused-ring (bicyclic) bond motifs is 3. The van der Waals surface area contributed by atoms with Crippen molar-refractivity contribution in [1.29, 1.82) is 0 Å². The zero-order valence-corrected chi connectivity index (χ0v) is 9.84. The molecule has 2 aromatic carbocycles. The minimum absolute atomic E-state index is 0.421. The highest BCUT2D eigenvalue weighted by atomic mass is 16.5. The van der Waals surface area contributed by atoms with Gasteiger partial charge in [0.1, 0.15) is 5.75 Å². The normalized spacial score (nSPS) is 13.0. The van der Waals surface area contributed by atoms with Crippen molar-refractivity contribution < 1.29 is 14.8 Å². The first-order chi connectivity index (χ1) is 8.77. The van der Waals surface area contributed by atoms with Gasteiger partial charge in [-0.1, -0.05) is 42.5 Å². The van der Waals surface area contributed by atoms with Gasteiger partial charge >= 0.3 is 7.12 Å². The number of ether oxygens (including phenoxy) is 1. The fourth-order valence-electron chi connectivity index (χ4n) is 2.40. The third kappa shape index (κ3) is 1.80. The maximum Gasteiger partial charge on any atom is 0.492 e. The van der Waals surface area contributed by atoms with E-state index in [-0.39, 0.29) is 0 Å². The van der Waals surface area contributed by atoms with Crippen molar-refractivity contribution >= 4 is 12.6 Å². The first-order valence-electron chi connectivity index (χ1n) is 5.97. The molecule has 2 N–H and O–H groups in total. The largest absolute Gasteiger partial charge is 0.493 e. The molecule has 0 atom stereocenters. The minimum Gasteiger partial charge on any atom is -0.493 e. The maximum absolute atomic E-state index is 9.40. The van der Waals surface area contributed by atoms with Gasteiger partial charge in [0.05, 0.1) is 6.61 Å². The van der Waals surface area contributed by atoms with E-state index in [0.29, 0.717) is 17.8 Å². The summed E-state index contributed by atoms with van der Waals surface area (Å²) >= 11 is 0. The standard InChI is InChI=1S/C14H13BO3/c16-15(17)13-7-3-6-12-11-5-2-1-4-10(11)8-9-18-14(12)13/h1-7,16-17H,8-9H2. The Hall–Kier alpha value is -1.78. The van der Waals surface area contributed by atoms with Crippen molar-refractivity contribution in [3.63, 3.8) is 0 Å². The monoisotopic (exact) mass is 240 g/mol. The molecule has 0 unspecified atom stereocenters. The number of para-hydroxylation sites is 1. The molecule has 90 valence electrons. The summed E-state index contributed by atoms with van der Waals surface area (Å²) in [5, 5.41) is 18.8. The van der Waals surface area contributed by atoms with Crippen molar-refractivity contribution in [3.8, 4) is 16.9 Å². The zero-order chi connectivity index (χ0) is 12.5. The second-order valence-electron chi connectivity index (χ2n) is 4.35. The van der Waals surface area contributed by atoms with Gasteiger partial charge in [-0.15, -0.1) is 0 Å². The summed E-state index contributed by atoms with van der Waals surface area (Å²) in [6, 6.07) is 13.6. The number of hydrogen-bond donors (Lipinski definition) is 2. The lowest BCUT2D eigenvalue weighted by molar-refractivity contribution is 0.326. The Morgan fingerprint density at radius 1 is 0.944 bits per heavy atom. The molecule has 1 aliphatic heterocycles. The summed E-state index contributed by atoms with van der Waals surface area (Å²) < 4.78 is 5.70. The van der Waals surface area contributed by atoms with Crippen LogP contribution in [0.25, 0.3) is 11.1 Å². The molecule has 0 radical (unpaired) electrons. The van der Waals surface area contributed by atoms with Crippen LogP contribution in [0.3, 0.4) is 0 Å².